The van der Waals surface area contributed by atoms with Crippen LogP contribution in [0.4, 0.5) is 23.3 Å². The number of nitrogens with one attached hydrogen (secondary N) is 4. The van der Waals surface area contributed by atoms with Crippen LogP contribution in [0.3, 0.4) is 0 Å². The van der Waals surface area contributed by atoms with E-state index in [1.54, 1.807) is 19.2 Å². The van der Waals surface area contributed by atoms with Crippen molar-refractivity contribution in [3.8, 4) is 12.3 Å². The van der Waals surface area contributed by atoms with E-state index in [2.05, 4.69) is 52.9 Å². The van der Waals surface area contributed by atoms with Crippen molar-refractivity contribution in [2.24, 2.45) is 5.41 Å². The first kappa shape index (κ1) is 24.3. The average molecular weight is 450 g/mol. The molecule has 1 aromatic heterocycles. The summed E-state index contributed by atoms with van der Waals surface area (Å²) in [5.74, 6) is 4.42. The monoisotopic (exact) mass is 449 g/mol. The van der Waals surface area contributed by atoms with Gasteiger partial charge in [-0.05, 0) is 43.0 Å². The van der Waals surface area contributed by atoms with Crippen molar-refractivity contribution in [2.45, 2.75) is 40.2 Å². The predicted molar refractivity (Wildman–Crippen MR) is 135 cm³/mol. The molecule has 0 spiro atoms. The highest BCUT2D eigenvalue weighted by atomic mass is 16.1. The minimum atomic E-state index is -0.150. The van der Waals surface area contributed by atoms with Gasteiger partial charge in [-0.3, -0.25) is 4.79 Å². The van der Waals surface area contributed by atoms with Crippen molar-refractivity contribution in [3.05, 3.63) is 34.9 Å². The molecule has 176 valence electrons. The lowest BCUT2D eigenvalue weighted by atomic mass is 9.96. The zero-order chi connectivity index (χ0) is 24.2. The molecule has 0 saturated carbocycles. The summed E-state index contributed by atoms with van der Waals surface area (Å²) in [5.41, 5.74) is 3.01. The third kappa shape index (κ3) is 6.14. The fourth-order valence-corrected chi connectivity index (χ4v) is 3.94. The quantitative estimate of drug-likeness (QED) is 0.483. The summed E-state index contributed by atoms with van der Waals surface area (Å²) in [4.78, 5) is 23.7. The van der Waals surface area contributed by atoms with Crippen molar-refractivity contribution in [2.75, 3.05) is 49.3 Å². The lowest BCUT2D eigenvalue weighted by Crippen LogP contribution is -2.31. The van der Waals surface area contributed by atoms with Gasteiger partial charge in [-0.2, -0.15) is 9.97 Å². The van der Waals surface area contributed by atoms with Gasteiger partial charge < -0.3 is 26.2 Å². The van der Waals surface area contributed by atoms with Crippen molar-refractivity contribution in [1.29, 1.82) is 0 Å². The van der Waals surface area contributed by atoms with Gasteiger partial charge >= 0.3 is 0 Å². The second-order valence-corrected chi connectivity index (χ2v) is 9.72. The van der Waals surface area contributed by atoms with Crippen LogP contribution in [0.1, 0.15) is 48.7 Å². The predicted octanol–water partition coefficient (Wildman–Crippen LogP) is 3.13. The number of amides is 1. The second kappa shape index (κ2) is 10.1. The molecule has 1 aliphatic rings. The number of carbonyl (C=O) groups excluding carboxylic acids is 1. The molecule has 0 aliphatic carbocycles. The topological polar surface area (TPSA) is 94.2 Å². The Hall–Kier alpha value is -3.31. The third-order valence-corrected chi connectivity index (χ3v) is 5.48. The maximum absolute atomic E-state index is 12.1. The summed E-state index contributed by atoms with van der Waals surface area (Å²) in [6.07, 6.45) is 6.94. The van der Waals surface area contributed by atoms with Crippen LogP contribution >= 0.6 is 0 Å². The molecular weight excluding hydrogens is 414 g/mol. The number of aryl methyl sites for hydroxylation is 1. The highest BCUT2D eigenvalue weighted by molar-refractivity contribution is 5.95. The lowest BCUT2D eigenvalue weighted by Gasteiger charge is -2.29. The molecule has 8 nitrogen and oxygen atoms in total. The first-order chi connectivity index (χ1) is 15.6. The second-order valence-electron chi connectivity index (χ2n) is 9.72. The molecule has 0 bridgehead atoms. The molecule has 0 unspecified atom stereocenters. The Balaban J connectivity index is 2.04. The number of benzene rings is 1. The fraction of sp³-hybridized carbons (Fsp3) is 0.480. The summed E-state index contributed by atoms with van der Waals surface area (Å²) in [6, 6.07) is 5.75. The molecule has 1 atom stereocenters. The van der Waals surface area contributed by atoms with E-state index in [-0.39, 0.29) is 17.4 Å². The molecule has 1 saturated heterocycles. The summed E-state index contributed by atoms with van der Waals surface area (Å²) in [5, 5.41) is 12.8. The SMILES string of the molecule is C#Cc1c(N[C@@H]2CCNC2)nc(Nc2cc(C(=O)NC)ccc2C)nc1N(C)CC(C)(C)C. The van der Waals surface area contributed by atoms with E-state index < -0.39 is 0 Å². The van der Waals surface area contributed by atoms with Gasteiger partial charge in [0.1, 0.15) is 11.4 Å². The molecule has 0 radical (unpaired) electrons. The molecule has 8 heteroatoms. The minimum absolute atomic E-state index is 0.0561. The molecular formula is C25H35N7O. The summed E-state index contributed by atoms with van der Waals surface area (Å²) < 4.78 is 0. The van der Waals surface area contributed by atoms with Crippen LogP contribution in [-0.2, 0) is 0 Å². The van der Waals surface area contributed by atoms with Gasteiger partial charge in [-0.15, -0.1) is 6.42 Å². The van der Waals surface area contributed by atoms with Gasteiger partial charge in [0.05, 0.1) is 0 Å². The first-order valence-electron chi connectivity index (χ1n) is 11.3. The van der Waals surface area contributed by atoms with Crippen LogP contribution < -0.4 is 26.2 Å². The normalized spacial score (nSPS) is 15.6. The zero-order valence-electron chi connectivity index (χ0n) is 20.5. The highest BCUT2D eigenvalue weighted by Crippen LogP contribution is 2.30. The van der Waals surface area contributed by atoms with Crippen molar-refractivity contribution in [1.82, 2.24) is 20.6 Å². The molecule has 2 aromatic rings. The van der Waals surface area contributed by atoms with E-state index in [1.165, 1.54) is 0 Å². The number of carbonyl (C=O) groups is 1. The average Bonchev–Trinajstić information content (AvgIpc) is 3.26. The molecule has 1 fully saturated rings. The first-order valence-corrected chi connectivity index (χ1v) is 11.3. The van der Waals surface area contributed by atoms with Crippen LogP contribution in [0.5, 0.6) is 0 Å². The Bertz CT molecular complexity index is 1050. The van der Waals surface area contributed by atoms with Gasteiger partial charge in [-0.25, -0.2) is 0 Å². The van der Waals surface area contributed by atoms with E-state index in [9.17, 15) is 4.79 Å². The summed E-state index contributed by atoms with van der Waals surface area (Å²) >= 11 is 0. The Kier molecular flexibility index (Phi) is 7.44. The minimum Gasteiger partial charge on any atom is -0.365 e. The van der Waals surface area contributed by atoms with Gasteiger partial charge in [0.15, 0.2) is 5.82 Å². The number of hydrogen-bond acceptors (Lipinski definition) is 7. The van der Waals surface area contributed by atoms with Gasteiger partial charge in [0.25, 0.3) is 5.91 Å². The molecule has 33 heavy (non-hydrogen) atoms. The number of terminal acetylenes is 1. The van der Waals surface area contributed by atoms with Crippen LogP contribution in [-0.4, -0.2) is 55.6 Å². The maximum Gasteiger partial charge on any atom is 0.251 e. The number of nitrogens with zero attached hydrogens (tertiary/aromatic N) is 3. The van der Waals surface area contributed by atoms with Gasteiger partial charge in [0, 0.05) is 44.5 Å². The van der Waals surface area contributed by atoms with E-state index in [4.69, 9.17) is 16.4 Å². The number of hydrogen-bond donors (Lipinski definition) is 4. The Morgan fingerprint density at radius 3 is 2.70 bits per heavy atom. The third-order valence-electron chi connectivity index (χ3n) is 5.48. The molecule has 2 heterocycles. The number of anilines is 4. The van der Waals surface area contributed by atoms with E-state index in [1.807, 2.05) is 20.0 Å². The van der Waals surface area contributed by atoms with Crippen molar-refractivity contribution >= 4 is 29.2 Å². The van der Waals surface area contributed by atoms with Crippen molar-refractivity contribution in [3.63, 3.8) is 0 Å². The molecule has 1 aliphatic heterocycles. The number of rotatable bonds is 7. The smallest absolute Gasteiger partial charge is 0.251 e. The van der Waals surface area contributed by atoms with E-state index in [0.717, 1.165) is 37.3 Å². The van der Waals surface area contributed by atoms with E-state index in [0.29, 0.717) is 28.7 Å². The van der Waals surface area contributed by atoms with E-state index >= 15 is 0 Å². The number of aromatic nitrogens is 2. The molecule has 4 N–H and O–H groups in total. The Morgan fingerprint density at radius 2 is 2.09 bits per heavy atom. The zero-order valence-corrected chi connectivity index (χ0v) is 20.5. The van der Waals surface area contributed by atoms with Crippen LogP contribution in [0.2, 0.25) is 0 Å². The van der Waals surface area contributed by atoms with Crippen molar-refractivity contribution < 1.29 is 4.79 Å². The van der Waals surface area contributed by atoms with Crippen LogP contribution in [0, 0.1) is 24.7 Å². The standard InChI is InChI=1S/C25H35N7O/c1-8-19-21(28-18-11-12-27-14-18)30-24(31-22(19)32(7)15-25(3,4)5)29-20-13-17(23(33)26-6)10-9-16(20)2/h1,9-10,13,18,27H,11-12,14-15H2,2-7H3,(H,26,33)(H2,28,29,30,31)/t18-/m1/s1. The largest absolute Gasteiger partial charge is 0.365 e. The Morgan fingerprint density at radius 1 is 1.33 bits per heavy atom. The molecule has 1 amide bonds. The highest BCUT2D eigenvalue weighted by Gasteiger charge is 2.23. The fourth-order valence-electron chi connectivity index (χ4n) is 3.94. The van der Waals surface area contributed by atoms with Gasteiger partial charge in [-0.1, -0.05) is 32.8 Å². The molecule has 3 rings (SSSR count). The van der Waals surface area contributed by atoms with Crippen LogP contribution in [0.25, 0.3) is 0 Å². The summed E-state index contributed by atoms with van der Waals surface area (Å²) in [6.45, 7) is 11.1. The Labute approximate surface area is 197 Å². The van der Waals surface area contributed by atoms with Gasteiger partial charge in [0.2, 0.25) is 5.95 Å². The summed E-state index contributed by atoms with van der Waals surface area (Å²) in [7, 11) is 3.61. The van der Waals surface area contributed by atoms with Crippen LogP contribution in [0.15, 0.2) is 18.2 Å². The lowest BCUT2D eigenvalue weighted by molar-refractivity contribution is 0.0963. The maximum atomic E-state index is 12.1. The molecule has 1 aromatic carbocycles.